The molecule has 0 saturated heterocycles. The van der Waals surface area contributed by atoms with Gasteiger partial charge in [0.2, 0.25) is 0 Å². The standard InChI is InChI=1S/C11H9NO2/c1-14-11(13)10-7-12-6-8-4-2-3-5-9(8)10/h2-7H,1H3/i11-1. The number of esters is 1. The first-order valence-corrected chi connectivity index (χ1v) is 4.24. The molecule has 0 N–H and O–H groups in total. The third kappa shape index (κ3) is 1.33. The van der Waals surface area contributed by atoms with Crippen LogP contribution in [0.1, 0.15) is 10.4 Å². The third-order valence-corrected chi connectivity index (χ3v) is 2.07. The van der Waals surface area contributed by atoms with E-state index in [0.29, 0.717) is 5.56 Å². The molecule has 0 saturated carbocycles. The first kappa shape index (κ1) is 8.69. The Labute approximate surface area is 81.3 Å². The number of aromatic nitrogens is 1. The molecule has 0 unspecified atom stereocenters. The van der Waals surface area contributed by atoms with E-state index < -0.39 is 0 Å². The first-order valence-electron chi connectivity index (χ1n) is 4.24. The Morgan fingerprint density at radius 3 is 2.86 bits per heavy atom. The molecule has 14 heavy (non-hydrogen) atoms. The average Bonchev–Trinajstić information content (AvgIpc) is 2.27. The molecule has 3 nitrogen and oxygen atoms in total. The lowest BCUT2D eigenvalue weighted by Crippen LogP contribution is -2.02. The molecule has 0 spiro atoms. The smallest absolute Gasteiger partial charge is 0.340 e. The summed E-state index contributed by atoms with van der Waals surface area (Å²) < 4.78 is 4.67. The Bertz CT molecular complexity index is 474. The van der Waals surface area contributed by atoms with Crippen molar-refractivity contribution in [2.24, 2.45) is 0 Å². The molecule has 2 rings (SSSR count). The number of methoxy groups -OCH3 is 1. The Balaban J connectivity index is 2.71. The zero-order valence-corrected chi connectivity index (χ0v) is 7.73. The van der Waals surface area contributed by atoms with Crippen molar-refractivity contribution < 1.29 is 9.53 Å². The molecular formula is C11H9NO2. The van der Waals surface area contributed by atoms with E-state index in [2.05, 4.69) is 9.72 Å². The number of carbonyl (C=O) groups is 1. The van der Waals surface area contributed by atoms with Gasteiger partial charge in [0.05, 0.1) is 12.7 Å². The second-order valence-corrected chi connectivity index (χ2v) is 2.90. The molecule has 3 heteroatoms. The van der Waals surface area contributed by atoms with Crippen LogP contribution in [0.3, 0.4) is 0 Å². The van der Waals surface area contributed by atoms with Crippen molar-refractivity contribution in [2.45, 2.75) is 0 Å². The van der Waals surface area contributed by atoms with Gasteiger partial charge in [0, 0.05) is 17.8 Å². The van der Waals surface area contributed by atoms with Gasteiger partial charge in [-0.15, -0.1) is 0 Å². The Hall–Kier alpha value is -1.90. The second kappa shape index (κ2) is 3.46. The lowest BCUT2D eigenvalue weighted by molar-refractivity contribution is 0.0602. The molecular weight excluding hydrogens is 177 g/mol. The summed E-state index contributed by atoms with van der Waals surface area (Å²) in [5, 5.41) is 1.81. The van der Waals surface area contributed by atoms with Crippen LogP contribution < -0.4 is 0 Å². The summed E-state index contributed by atoms with van der Waals surface area (Å²) in [7, 11) is 1.37. The van der Waals surface area contributed by atoms with Crippen molar-refractivity contribution in [3.63, 3.8) is 0 Å². The molecule has 0 radical (unpaired) electrons. The Morgan fingerprint density at radius 1 is 1.29 bits per heavy atom. The number of nitrogens with zero attached hydrogens (tertiary/aromatic N) is 1. The van der Waals surface area contributed by atoms with Crippen LogP contribution in [0.5, 0.6) is 0 Å². The van der Waals surface area contributed by atoms with Crippen LogP contribution in [0.15, 0.2) is 36.7 Å². The molecule has 0 atom stereocenters. The minimum absolute atomic E-state index is 0.353. The van der Waals surface area contributed by atoms with Crippen molar-refractivity contribution in [1.29, 1.82) is 0 Å². The van der Waals surface area contributed by atoms with E-state index in [1.807, 2.05) is 24.3 Å². The van der Waals surface area contributed by atoms with Gasteiger partial charge in [-0.1, -0.05) is 24.3 Å². The van der Waals surface area contributed by atoms with Crippen molar-refractivity contribution in [3.05, 3.63) is 42.2 Å². The van der Waals surface area contributed by atoms with E-state index in [9.17, 15) is 4.79 Å². The summed E-state index contributed by atoms with van der Waals surface area (Å²) in [4.78, 5) is 15.3. The van der Waals surface area contributed by atoms with Gasteiger partial charge in [-0.05, 0) is 5.39 Å². The Kier molecular flexibility index (Phi) is 2.14. The summed E-state index contributed by atoms with van der Waals surface area (Å²) in [5.74, 6) is -0.353. The topological polar surface area (TPSA) is 39.2 Å². The number of fused-ring (bicyclic) bond motifs is 1. The third-order valence-electron chi connectivity index (χ3n) is 2.07. The fourth-order valence-electron chi connectivity index (χ4n) is 1.39. The van der Waals surface area contributed by atoms with E-state index in [0.717, 1.165) is 10.8 Å². The molecule has 1 heterocycles. The summed E-state index contributed by atoms with van der Waals surface area (Å²) >= 11 is 0. The van der Waals surface area contributed by atoms with Gasteiger partial charge in [-0.2, -0.15) is 0 Å². The molecule has 0 bridgehead atoms. The van der Waals surface area contributed by atoms with E-state index in [1.165, 1.54) is 13.3 Å². The van der Waals surface area contributed by atoms with Crippen LogP contribution in [-0.2, 0) is 4.74 Å². The minimum atomic E-state index is -0.353. The van der Waals surface area contributed by atoms with Gasteiger partial charge in [0.15, 0.2) is 0 Å². The molecule has 0 aliphatic carbocycles. The highest BCUT2D eigenvalue weighted by Gasteiger charge is 2.09. The van der Waals surface area contributed by atoms with Crippen LogP contribution in [0, 0.1) is 0 Å². The van der Waals surface area contributed by atoms with E-state index in [-0.39, 0.29) is 5.97 Å². The first-order chi connectivity index (χ1) is 6.83. The molecule has 0 amide bonds. The Morgan fingerprint density at radius 2 is 2.07 bits per heavy atom. The van der Waals surface area contributed by atoms with Crippen LogP contribution in [0.4, 0.5) is 0 Å². The van der Waals surface area contributed by atoms with Gasteiger partial charge >= 0.3 is 5.97 Å². The highest BCUT2D eigenvalue weighted by Crippen LogP contribution is 2.17. The lowest BCUT2D eigenvalue weighted by atomic mass is 9.90. The molecule has 70 valence electrons. The van der Waals surface area contributed by atoms with Crippen molar-refractivity contribution in [1.82, 2.24) is 4.98 Å². The normalized spacial score (nSPS) is 10.1. The van der Waals surface area contributed by atoms with Gasteiger partial charge in [-0.3, -0.25) is 4.98 Å². The number of ether oxygens (including phenoxy) is 1. The molecule has 1 aromatic carbocycles. The van der Waals surface area contributed by atoms with Crippen LogP contribution in [-0.4, -0.2) is 18.1 Å². The van der Waals surface area contributed by atoms with E-state index in [4.69, 9.17) is 0 Å². The van der Waals surface area contributed by atoms with Crippen molar-refractivity contribution >= 4 is 16.7 Å². The van der Waals surface area contributed by atoms with Gasteiger partial charge < -0.3 is 4.74 Å². The number of pyridine rings is 1. The summed E-state index contributed by atoms with van der Waals surface area (Å²) in [6.45, 7) is 0. The SMILES string of the molecule is CO[11C](=O)c1cncc2ccccc12. The summed E-state index contributed by atoms with van der Waals surface area (Å²) in [5.41, 5.74) is 0.505. The number of hydrogen-bond donors (Lipinski definition) is 0. The monoisotopic (exact) mass is 186 g/mol. The maximum absolute atomic E-state index is 11.4. The maximum atomic E-state index is 11.4. The van der Waals surface area contributed by atoms with Crippen LogP contribution >= 0.6 is 0 Å². The fraction of sp³-hybridized carbons (Fsp3) is 0.0909. The fourth-order valence-corrected chi connectivity index (χ4v) is 1.39. The van der Waals surface area contributed by atoms with Gasteiger partial charge in [0.1, 0.15) is 0 Å². The molecule has 0 aliphatic rings. The maximum Gasteiger partial charge on any atom is 0.340 e. The predicted molar refractivity (Wildman–Crippen MR) is 53.1 cm³/mol. The largest absolute Gasteiger partial charge is 0.465 e. The van der Waals surface area contributed by atoms with Crippen LogP contribution in [0.2, 0.25) is 0 Å². The predicted octanol–water partition coefficient (Wildman–Crippen LogP) is 2.02. The zero-order valence-electron chi connectivity index (χ0n) is 7.73. The highest BCUT2D eigenvalue weighted by atomic mass is 16.5. The van der Waals surface area contributed by atoms with Crippen molar-refractivity contribution in [3.8, 4) is 0 Å². The molecule has 2 aromatic rings. The van der Waals surface area contributed by atoms with Gasteiger partial charge in [0.25, 0.3) is 0 Å². The van der Waals surface area contributed by atoms with Crippen molar-refractivity contribution in [2.75, 3.05) is 7.11 Å². The number of benzene rings is 1. The second-order valence-electron chi connectivity index (χ2n) is 2.90. The lowest BCUT2D eigenvalue weighted by Gasteiger charge is -2.02. The number of carbonyl (C=O) groups excluding carboxylic acids is 1. The number of hydrogen-bond acceptors (Lipinski definition) is 3. The zero-order chi connectivity index (χ0) is 9.97. The summed E-state index contributed by atoms with van der Waals surface area (Å²) in [6.07, 6.45) is 3.25. The molecule has 0 aliphatic heterocycles. The highest BCUT2D eigenvalue weighted by molar-refractivity contribution is 6.03. The van der Waals surface area contributed by atoms with E-state index in [1.54, 1.807) is 6.20 Å². The molecule has 0 fully saturated rings. The summed E-state index contributed by atoms with van der Waals surface area (Å²) in [6, 6.07) is 7.58. The minimum Gasteiger partial charge on any atom is -0.465 e. The number of rotatable bonds is 1. The van der Waals surface area contributed by atoms with Gasteiger partial charge in [-0.25, -0.2) is 4.79 Å². The quantitative estimate of drug-likeness (QED) is 0.639. The molecule has 1 aromatic heterocycles. The van der Waals surface area contributed by atoms with E-state index >= 15 is 0 Å². The average molecular weight is 186 g/mol. The van der Waals surface area contributed by atoms with Crippen LogP contribution in [0.25, 0.3) is 10.8 Å².